The molecule has 1 aromatic rings. The number of ether oxygens (including phenoxy) is 2. The van der Waals surface area contributed by atoms with E-state index in [0.29, 0.717) is 25.8 Å². The Bertz CT molecular complexity index is 657. The lowest BCUT2D eigenvalue weighted by molar-refractivity contribution is -0.134. The first-order valence-corrected chi connectivity index (χ1v) is 7.87. The van der Waals surface area contributed by atoms with E-state index < -0.39 is 17.8 Å². The molecule has 136 valence electrons. The van der Waals surface area contributed by atoms with E-state index >= 15 is 0 Å². The molecule has 0 bridgehead atoms. The first-order chi connectivity index (χ1) is 11.8. The van der Waals surface area contributed by atoms with Crippen molar-refractivity contribution >= 4 is 23.8 Å². The molecule has 0 aromatic heterocycles. The van der Waals surface area contributed by atoms with Crippen LogP contribution in [-0.4, -0.2) is 30.3 Å². The van der Waals surface area contributed by atoms with E-state index in [1.54, 1.807) is 0 Å². The summed E-state index contributed by atoms with van der Waals surface area (Å²) in [5, 5.41) is 2.69. The topological polar surface area (TPSA) is 125 Å². The van der Waals surface area contributed by atoms with Gasteiger partial charge in [-0.15, -0.1) is 0 Å². The van der Waals surface area contributed by atoms with Gasteiger partial charge >= 0.3 is 11.9 Å². The van der Waals surface area contributed by atoms with E-state index in [1.165, 1.54) is 32.0 Å². The molecule has 0 heterocycles. The number of amides is 2. The Morgan fingerprint density at radius 3 is 2.28 bits per heavy atom. The number of benzene rings is 1. The van der Waals surface area contributed by atoms with Crippen molar-refractivity contribution in [2.45, 2.75) is 39.5 Å². The largest absolute Gasteiger partial charge is 0.423 e. The summed E-state index contributed by atoms with van der Waals surface area (Å²) >= 11 is 0. The predicted octanol–water partition coefficient (Wildman–Crippen LogP) is 1.31. The third kappa shape index (κ3) is 7.47. The summed E-state index contributed by atoms with van der Waals surface area (Å²) in [6.45, 7) is 2.77. The zero-order chi connectivity index (χ0) is 18.8. The van der Waals surface area contributed by atoms with Crippen LogP contribution < -0.4 is 20.5 Å². The molecule has 8 heteroatoms. The van der Waals surface area contributed by atoms with Crippen LogP contribution in [0.15, 0.2) is 18.2 Å². The molecule has 0 unspecified atom stereocenters. The van der Waals surface area contributed by atoms with Gasteiger partial charge in [-0.2, -0.15) is 0 Å². The second-order valence-corrected chi connectivity index (χ2v) is 5.35. The summed E-state index contributed by atoms with van der Waals surface area (Å²) in [5.74, 6) is -2.15. The van der Waals surface area contributed by atoms with Crippen molar-refractivity contribution in [3.05, 3.63) is 23.8 Å². The smallest absolute Gasteiger partial charge is 0.308 e. The molecule has 1 aromatic carbocycles. The first kappa shape index (κ1) is 20.1. The van der Waals surface area contributed by atoms with Crippen LogP contribution in [0.4, 0.5) is 0 Å². The summed E-state index contributed by atoms with van der Waals surface area (Å²) in [5.41, 5.74) is 5.14. The highest BCUT2D eigenvalue weighted by Crippen LogP contribution is 2.31. The highest BCUT2D eigenvalue weighted by atomic mass is 16.6. The Labute approximate surface area is 145 Å². The number of hydrogen-bond donors (Lipinski definition) is 2. The fraction of sp³-hybridized carbons (Fsp3) is 0.412. The number of rotatable bonds is 9. The molecular weight excluding hydrogens is 328 g/mol. The van der Waals surface area contributed by atoms with E-state index in [4.69, 9.17) is 15.2 Å². The number of para-hydroxylation sites is 1. The molecule has 0 aliphatic carbocycles. The molecule has 0 aliphatic rings. The molecule has 3 N–H and O–H groups in total. The van der Waals surface area contributed by atoms with E-state index in [0.717, 1.165) is 6.42 Å². The number of unbranched alkanes of at least 4 members (excludes halogenated alkanes) is 2. The fourth-order valence-corrected chi connectivity index (χ4v) is 2.08. The van der Waals surface area contributed by atoms with Crippen molar-refractivity contribution in [1.82, 2.24) is 5.32 Å². The second kappa shape index (κ2) is 10.1. The van der Waals surface area contributed by atoms with Crippen molar-refractivity contribution in [2.24, 2.45) is 5.73 Å². The zero-order valence-corrected chi connectivity index (χ0v) is 14.3. The minimum absolute atomic E-state index is 0.00296. The zero-order valence-electron chi connectivity index (χ0n) is 14.3. The quantitative estimate of drug-likeness (QED) is 0.393. The number of carbonyl (C=O) groups is 4. The maximum Gasteiger partial charge on any atom is 0.308 e. The van der Waals surface area contributed by atoms with Crippen molar-refractivity contribution in [3.8, 4) is 11.5 Å². The number of carbonyl (C=O) groups excluding carboxylic acids is 4. The summed E-state index contributed by atoms with van der Waals surface area (Å²) < 4.78 is 10.0. The minimum atomic E-state index is -0.639. The number of primary amides is 1. The SMILES string of the molecule is CC(=O)Oc1cccc(C(=O)NCCCCCC(N)=O)c1OC(C)=O. The van der Waals surface area contributed by atoms with Crippen molar-refractivity contribution in [1.29, 1.82) is 0 Å². The fourth-order valence-electron chi connectivity index (χ4n) is 2.08. The van der Waals surface area contributed by atoms with Gasteiger partial charge in [0.2, 0.25) is 5.91 Å². The number of nitrogens with one attached hydrogen (secondary N) is 1. The standard InChI is InChI=1S/C17H22N2O6/c1-11(20)24-14-8-6-7-13(16(14)25-12(2)21)17(23)19-10-5-3-4-9-15(18)22/h6-8H,3-5,9-10H2,1-2H3,(H2,18,22)(H,19,23). The number of esters is 2. The molecular formula is C17H22N2O6. The number of nitrogens with two attached hydrogens (primary N) is 1. The van der Waals surface area contributed by atoms with Crippen molar-refractivity contribution < 1.29 is 28.7 Å². The minimum Gasteiger partial charge on any atom is -0.423 e. The molecule has 0 atom stereocenters. The molecule has 1 rings (SSSR count). The van der Waals surface area contributed by atoms with E-state index in [1.807, 2.05) is 0 Å². The van der Waals surface area contributed by atoms with Gasteiger partial charge in [-0.3, -0.25) is 19.2 Å². The molecule has 0 radical (unpaired) electrons. The lowest BCUT2D eigenvalue weighted by Crippen LogP contribution is -2.25. The highest BCUT2D eigenvalue weighted by molar-refractivity contribution is 5.98. The number of hydrogen-bond acceptors (Lipinski definition) is 6. The molecule has 0 spiro atoms. The second-order valence-electron chi connectivity index (χ2n) is 5.35. The third-order valence-corrected chi connectivity index (χ3v) is 3.11. The Morgan fingerprint density at radius 1 is 1.00 bits per heavy atom. The Hall–Kier alpha value is -2.90. The van der Waals surface area contributed by atoms with Crippen LogP contribution in [0, 0.1) is 0 Å². The van der Waals surface area contributed by atoms with Crippen LogP contribution >= 0.6 is 0 Å². The van der Waals surface area contributed by atoms with E-state index in [-0.39, 0.29) is 23.0 Å². The summed E-state index contributed by atoms with van der Waals surface area (Å²) in [6, 6.07) is 4.42. The molecule has 0 saturated heterocycles. The monoisotopic (exact) mass is 350 g/mol. The Balaban J connectivity index is 2.74. The van der Waals surface area contributed by atoms with Gasteiger partial charge in [0.25, 0.3) is 5.91 Å². The van der Waals surface area contributed by atoms with Gasteiger partial charge in [-0.25, -0.2) is 0 Å². The Kier molecular flexibility index (Phi) is 8.11. The van der Waals surface area contributed by atoms with Crippen LogP contribution in [0.3, 0.4) is 0 Å². The van der Waals surface area contributed by atoms with E-state index in [2.05, 4.69) is 5.32 Å². The molecule has 0 saturated carbocycles. The molecule has 25 heavy (non-hydrogen) atoms. The van der Waals surface area contributed by atoms with Crippen molar-refractivity contribution in [2.75, 3.05) is 6.54 Å². The lowest BCUT2D eigenvalue weighted by Gasteiger charge is -2.13. The maximum absolute atomic E-state index is 12.3. The molecule has 0 aliphatic heterocycles. The predicted molar refractivity (Wildman–Crippen MR) is 89.1 cm³/mol. The molecule has 2 amide bonds. The summed E-state index contributed by atoms with van der Waals surface area (Å²) in [7, 11) is 0. The lowest BCUT2D eigenvalue weighted by atomic mass is 10.1. The van der Waals surface area contributed by atoms with Crippen LogP contribution in [-0.2, 0) is 14.4 Å². The van der Waals surface area contributed by atoms with Gasteiger partial charge in [-0.05, 0) is 25.0 Å². The van der Waals surface area contributed by atoms with Crippen LogP contribution in [0.2, 0.25) is 0 Å². The van der Waals surface area contributed by atoms with Crippen LogP contribution in [0.1, 0.15) is 49.9 Å². The van der Waals surface area contributed by atoms with Crippen LogP contribution in [0.5, 0.6) is 11.5 Å². The van der Waals surface area contributed by atoms with Gasteiger partial charge in [0.1, 0.15) is 0 Å². The Morgan fingerprint density at radius 2 is 1.68 bits per heavy atom. The van der Waals surface area contributed by atoms with Gasteiger partial charge in [0.15, 0.2) is 11.5 Å². The highest BCUT2D eigenvalue weighted by Gasteiger charge is 2.19. The third-order valence-electron chi connectivity index (χ3n) is 3.11. The van der Waals surface area contributed by atoms with Gasteiger partial charge in [-0.1, -0.05) is 12.5 Å². The maximum atomic E-state index is 12.3. The van der Waals surface area contributed by atoms with Crippen LogP contribution in [0.25, 0.3) is 0 Å². The van der Waals surface area contributed by atoms with Gasteiger partial charge < -0.3 is 20.5 Å². The van der Waals surface area contributed by atoms with Gasteiger partial charge in [0, 0.05) is 26.8 Å². The van der Waals surface area contributed by atoms with Gasteiger partial charge in [0.05, 0.1) is 5.56 Å². The normalized spacial score (nSPS) is 10.0. The van der Waals surface area contributed by atoms with Crippen molar-refractivity contribution in [3.63, 3.8) is 0 Å². The summed E-state index contributed by atoms with van der Waals surface area (Å²) in [6.07, 6.45) is 2.39. The average Bonchev–Trinajstić information content (AvgIpc) is 2.50. The summed E-state index contributed by atoms with van der Waals surface area (Å²) in [4.78, 5) is 45.4. The molecule has 8 nitrogen and oxygen atoms in total. The first-order valence-electron chi connectivity index (χ1n) is 7.87. The average molecular weight is 350 g/mol. The molecule has 0 fully saturated rings. The van der Waals surface area contributed by atoms with E-state index in [9.17, 15) is 19.2 Å².